The average molecular weight is 729 g/mol. The van der Waals surface area contributed by atoms with Crippen LogP contribution in [0.2, 0.25) is 0 Å². The van der Waals surface area contributed by atoms with Gasteiger partial charge in [-0.2, -0.15) is 8.78 Å². The lowest BCUT2D eigenvalue weighted by Gasteiger charge is -2.32. The van der Waals surface area contributed by atoms with E-state index < -0.39 is 64.4 Å². The lowest BCUT2D eigenvalue weighted by molar-refractivity contribution is -0.173. The molecule has 4 fully saturated rings. The molecule has 0 aromatic heterocycles. The normalized spacial score (nSPS) is 26.9. The molecule has 9 nitrogen and oxygen atoms in total. The van der Waals surface area contributed by atoms with E-state index in [1.807, 2.05) is 0 Å². The third-order valence-corrected chi connectivity index (χ3v) is 13.1. The van der Waals surface area contributed by atoms with Gasteiger partial charge >= 0.3 is 23.2 Å². The van der Waals surface area contributed by atoms with Crippen LogP contribution in [-0.4, -0.2) is 54.9 Å². The summed E-state index contributed by atoms with van der Waals surface area (Å²) in [4.78, 5) is 41.2. The first-order valence-electron chi connectivity index (χ1n) is 16.7. The summed E-state index contributed by atoms with van der Waals surface area (Å²) in [6.07, 6.45) is 0.884. The Labute approximate surface area is 292 Å². The van der Waals surface area contributed by atoms with E-state index in [9.17, 15) is 36.1 Å². The van der Waals surface area contributed by atoms with E-state index >= 15 is 0 Å². The molecule has 7 unspecified atom stereocenters. The number of carbonyl (C=O) groups is 3. The smallest absolute Gasteiger partial charge is 0.337 e. The Balaban J connectivity index is 0.000000194. The van der Waals surface area contributed by atoms with Crippen LogP contribution < -0.4 is 0 Å². The number of ether oxygens (including phenoxy) is 3. The van der Waals surface area contributed by atoms with Crippen molar-refractivity contribution in [3.05, 3.63) is 91.0 Å². The van der Waals surface area contributed by atoms with Gasteiger partial charge < -0.3 is 18.8 Å². The number of alkyl halides is 2. The van der Waals surface area contributed by atoms with Crippen LogP contribution in [0.15, 0.2) is 106 Å². The minimum Gasteiger partial charge on any atom is -0.743 e. The Bertz CT molecular complexity index is 1670. The minimum absolute atomic E-state index is 0.0146. The monoisotopic (exact) mass is 728 g/mol. The van der Waals surface area contributed by atoms with E-state index in [0.29, 0.717) is 32.1 Å². The van der Waals surface area contributed by atoms with Gasteiger partial charge in [0.15, 0.2) is 24.8 Å². The third-order valence-electron chi connectivity index (χ3n) is 9.98. The Morgan fingerprint density at radius 3 is 1.82 bits per heavy atom. The van der Waals surface area contributed by atoms with Crippen LogP contribution in [-0.2, 0) is 49.6 Å². The zero-order chi connectivity index (χ0) is 35.5. The van der Waals surface area contributed by atoms with Crippen LogP contribution in [0.4, 0.5) is 8.78 Å². The molecular weight excluding hydrogens is 691 g/mol. The highest BCUT2D eigenvalue weighted by molar-refractivity contribution is 7.97. The summed E-state index contributed by atoms with van der Waals surface area (Å²) < 4.78 is 73.9. The second-order valence-corrected chi connectivity index (χ2v) is 16.6. The molecule has 0 radical (unpaired) electrons. The van der Waals surface area contributed by atoms with Gasteiger partial charge in [-0.15, -0.1) is 0 Å². The summed E-state index contributed by atoms with van der Waals surface area (Å²) in [7, 11) is -5.87. The fourth-order valence-corrected chi connectivity index (χ4v) is 10.00. The first kappa shape index (κ1) is 36.0. The molecule has 1 saturated heterocycles. The quantitative estimate of drug-likeness (QED) is 0.104. The number of carbonyl (C=O) groups excluding carboxylic acids is 3. The average Bonchev–Trinajstić information content (AvgIpc) is 3.75. The number of fused-ring (bicyclic) bond motifs is 1. The largest absolute Gasteiger partial charge is 0.743 e. The summed E-state index contributed by atoms with van der Waals surface area (Å²) in [6, 6.07) is 32.2. The first-order valence-corrected chi connectivity index (χ1v) is 19.4. The molecule has 7 rings (SSSR count). The maximum Gasteiger partial charge on any atom is 0.337 e. The van der Waals surface area contributed by atoms with Crippen molar-refractivity contribution < 1.29 is 50.3 Å². The number of rotatable bonds is 10. The maximum absolute atomic E-state index is 13.2. The molecule has 0 spiro atoms. The van der Waals surface area contributed by atoms with Crippen LogP contribution in [0.25, 0.3) is 0 Å². The van der Waals surface area contributed by atoms with E-state index in [4.69, 9.17) is 14.2 Å². The van der Waals surface area contributed by atoms with Crippen molar-refractivity contribution in [3.63, 3.8) is 0 Å². The van der Waals surface area contributed by atoms with E-state index in [0.717, 1.165) is 6.42 Å². The number of hydrogen-bond acceptors (Lipinski definition) is 9. The lowest BCUT2D eigenvalue weighted by Crippen LogP contribution is -2.41. The molecule has 7 atom stereocenters. The Hall–Kier alpha value is -3.81. The van der Waals surface area contributed by atoms with Gasteiger partial charge in [0.1, 0.15) is 12.2 Å². The molecule has 4 aliphatic rings. The molecule has 2 bridgehead atoms. The molecule has 1 aliphatic heterocycles. The van der Waals surface area contributed by atoms with Crippen LogP contribution in [0.3, 0.4) is 0 Å². The van der Waals surface area contributed by atoms with Gasteiger partial charge in [-0.3, -0.25) is 14.4 Å². The molecule has 1 heterocycles. The summed E-state index contributed by atoms with van der Waals surface area (Å²) in [5, 5.41) is -4.55. The van der Waals surface area contributed by atoms with Crippen molar-refractivity contribution in [2.75, 3.05) is 6.61 Å². The molecule has 0 N–H and O–H groups in total. The minimum atomic E-state index is -5.86. The highest BCUT2D eigenvalue weighted by Crippen LogP contribution is 2.55. The number of hydrogen-bond donors (Lipinski definition) is 0. The fraction of sp³-hybridized carbons (Fsp3) is 0.432. The standard InChI is InChI=1S/C19H24F2O9S.C18H15S/c20-19(21,31(25,26)27)5-6-28-16(22)10-3-1-2-4-11(10)17(23)29-14-9-7-12-13(8-9)18(24)30-15(12)14;1-4-10-16(11-5-1)19(17-12-6-2-7-13-17)18-14-8-3-9-15-18/h9-15H,1-8H2,(H,25,26,27);1-15H/q;+1/p-1. The second kappa shape index (κ2) is 15.2. The van der Waals surface area contributed by atoms with E-state index in [2.05, 4.69) is 91.0 Å². The SMILES string of the molecule is O=C(OCCC(F)(F)S(=O)(=O)[O-])C1CCCCC1C(=O)OC1C2CC3C(=O)OC1C3C2.c1ccc([S+](c2ccccc2)c2ccccc2)cc1. The molecule has 3 aromatic rings. The topological polar surface area (TPSA) is 136 Å². The number of benzene rings is 3. The Morgan fingerprint density at radius 1 is 0.820 bits per heavy atom. The highest BCUT2D eigenvalue weighted by atomic mass is 32.2. The van der Waals surface area contributed by atoms with Crippen molar-refractivity contribution >= 4 is 38.9 Å². The Morgan fingerprint density at radius 2 is 1.32 bits per heavy atom. The van der Waals surface area contributed by atoms with Gasteiger partial charge in [-0.1, -0.05) is 67.4 Å². The second-order valence-electron chi connectivity index (χ2n) is 13.1. The van der Waals surface area contributed by atoms with Crippen LogP contribution in [0.1, 0.15) is 44.9 Å². The van der Waals surface area contributed by atoms with Crippen molar-refractivity contribution in [1.82, 2.24) is 0 Å². The van der Waals surface area contributed by atoms with Crippen LogP contribution in [0.5, 0.6) is 0 Å². The molecule has 3 aromatic carbocycles. The van der Waals surface area contributed by atoms with E-state index in [1.54, 1.807) is 0 Å². The zero-order valence-electron chi connectivity index (χ0n) is 27.1. The maximum atomic E-state index is 13.2. The lowest BCUT2D eigenvalue weighted by atomic mass is 9.79. The van der Waals surface area contributed by atoms with Crippen LogP contribution >= 0.6 is 0 Å². The fourth-order valence-electron chi connectivity index (χ4n) is 7.56. The predicted octanol–water partition coefficient (Wildman–Crippen LogP) is 6.14. The molecule has 3 aliphatic carbocycles. The number of halogens is 2. The van der Waals surface area contributed by atoms with Crippen molar-refractivity contribution in [2.45, 2.75) is 77.1 Å². The van der Waals surface area contributed by atoms with Gasteiger partial charge in [0.05, 0.1) is 41.7 Å². The van der Waals surface area contributed by atoms with Crippen molar-refractivity contribution in [3.8, 4) is 0 Å². The van der Waals surface area contributed by atoms with E-state index in [-0.39, 0.29) is 34.6 Å². The molecule has 50 heavy (non-hydrogen) atoms. The molecule has 0 amide bonds. The summed E-state index contributed by atoms with van der Waals surface area (Å²) in [5.74, 6) is -3.52. The van der Waals surface area contributed by atoms with Crippen LogP contribution in [0, 0.1) is 29.6 Å². The summed E-state index contributed by atoms with van der Waals surface area (Å²) >= 11 is 0. The van der Waals surface area contributed by atoms with Crippen molar-refractivity contribution in [1.29, 1.82) is 0 Å². The first-order chi connectivity index (χ1) is 23.9. The molecular formula is C37H38F2O9S2. The summed E-state index contributed by atoms with van der Waals surface area (Å²) in [6.45, 7) is -0.961. The Kier molecular flexibility index (Phi) is 10.9. The van der Waals surface area contributed by atoms with Gasteiger partial charge in [-0.25, -0.2) is 8.42 Å². The van der Waals surface area contributed by atoms with Gasteiger partial charge in [0.2, 0.25) is 0 Å². The summed E-state index contributed by atoms with van der Waals surface area (Å²) in [5.41, 5.74) is 0. The van der Waals surface area contributed by atoms with Gasteiger partial charge in [0.25, 0.3) is 0 Å². The molecule has 3 saturated carbocycles. The molecule has 13 heteroatoms. The number of esters is 3. The zero-order valence-corrected chi connectivity index (χ0v) is 28.7. The third kappa shape index (κ3) is 7.74. The highest BCUT2D eigenvalue weighted by Gasteiger charge is 2.63. The predicted molar refractivity (Wildman–Crippen MR) is 177 cm³/mol. The van der Waals surface area contributed by atoms with Gasteiger partial charge in [-0.05, 0) is 62.1 Å². The van der Waals surface area contributed by atoms with Crippen molar-refractivity contribution in [2.24, 2.45) is 29.6 Å². The van der Waals surface area contributed by atoms with E-state index in [1.165, 1.54) is 14.7 Å². The van der Waals surface area contributed by atoms with Gasteiger partial charge in [0, 0.05) is 11.8 Å². The molecule has 266 valence electrons.